The molecule has 0 saturated carbocycles. The van der Waals surface area contributed by atoms with Crippen molar-refractivity contribution in [1.29, 1.82) is 0 Å². The number of hydrogen-bond acceptors (Lipinski definition) is 2. The van der Waals surface area contributed by atoms with E-state index in [0.29, 0.717) is 12.0 Å². The summed E-state index contributed by atoms with van der Waals surface area (Å²) in [5, 5.41) is 11.7. The highest BCUT2D eigenvalue weighted by molar-refractivity contribution is 5.98. The molecular formula is C14H19NO3. The third kappa shape index (κ3) is 2.88. The standard InChI is InChI=1S/C14H19NO3/c1-4-10-8-6-7-9-11(10)12(16)15-14(3,5-2)13(17)18/h6-9H,4-5H2,1-3H3,(H,15,16)(H,17,18). The molecule has 0 aliphatic rings. The molecule has 0 saturated heterocycles. The molecule has 0 spiro atoms. The Morgan fingerprint density at radius 1 is 1.28 bits per heavy atom. The van der Waals surface area contributed by atoms with Gasteiger partial charge in [-0.25, -0.2) is 4.79 Å². The van der Waals surface area contributed by atoms with Crippen LogP contribution in [0.2, 0.25) is 0 Å². The molecule has 18 heavy (non-hydrogen) atoms. The highest BCUT2D eigenvalue weighted by atomic mass is 16.4. The maximum Gasteiger partial charge on any atom is 0.329 e. The van der Waals surface area contributed by atoms with Gasteiger partial charge < -0.3 is 10.4 Å². The largest absolute Gasteiger partial charge is 0.480 e. The number of carboxylic acid groups (broad SMARTS) is 1. The van der Waals surface area contributed by atoms with E-state index in [0.717, 1.165) is 12.0 Å². The number of hydrogen-bond donors (Lipinski definition) is 2. The zero-order chi connectivity index (χ0) is 13.8. The number of aryl methyl sites for hydroxylation is 1. The molecular weight excluding hydrogens is 230 g/mol. The normalized spacial score (nSPS) is 13.7. The van der Waals surface area contributed by atoms with E-state index < -0.39 is 11.5 Å². The van der Waals surface area contributed by atoms with Crippen LogP contribution >= 0.6 is 0 Å². The Hall–Kier alpha value is -1.84. The van der Waals surface area contributed by atoms with E-state index in [-0.39, 0.29) is 5.91 Å². The summed E-state index contributed by atoms with van der Waals surface area (Å²) in [5.74, 6) is -1.36. The lowest BCUT2D eigenvalue weighted by Crippen LogP contribution is -2.51. The molecule has 4 heteroatoms. The number of aliphatic carboxylic acids is 1. The van der Waals surface area contributed by atoms with Crippen LogP contribution in [-0.4, -0.2) is 22.5 Å². The number of amides is 1. The van der Waals surface area contributed by atoms with E-state index in [9.17, 15) is 9.59 Å². The minimum atomic E-state index is -1.22. The van der Waals surface area contributed by atoms with Crippen LogP contribution in [-0.2, 0) is 11.2 Å². The lowest BCUT2D eigenvalue weighted by atomic mass is 9.97. The van der Waals surface area contributed by atoms with Gasteiger partial charge in [0.15, 0.2) is 0 Å². The summed E-state index contributed by atoms with van der Waals surface area (Å²) in [5.41, 5.74) is 0.234. The van der Waals surface area contributed by atoms with Gasteiger partial charge in [0.05, 0.1) is 0 Å². The van der Waals surface area contributed by atoms with Crippen molar-refractivity contribution in [3.63, 3.8) is 0 Å². The average molecular weight is 249 g/mol. The van der Waals surface area contributed by atoms with Crippen molar-refractivity contribution < 1.29 is 14.7 Å². The molecule has 1 amide bonds. The van der Waals surface area contributed by atoms with Gasteiger partial charge in [-0.2, -0.15) is 0 Å². The fourth-order valence-electron chi connectivity index (χ4n) is 1.66. The molecule has 1 atom stereocenters. The van der Waals surface area contributed by atoms with Crippen molar-refractivity contribution in [3.05, 3.63) is 35.4 Å². The topological polar surface area (TPSA) is 66.4 Å². The first kappa shape index (κ1) is 14.2. The van der Waals surface area contributed by atoms with Gasteiger partial charge in [0, 0.05) is 5.56 Å². The average Bonchev–Trinajstić information content (AvgIpc) is 2.38. The highest BCUT2D eigenvalue weighted by Crippen LogP contribution is 2.14. The molecule has 0 radical (unpaired) electrons. The summed E-state index contributed by atoms with van der Waals surface area (Å²) in [6, 6.07) is 7.23. The zero-order valence-corrected chi connectivity index (χ0v) is 11.0. The molecule has 0 heterocycles. The number of benzene rings is 1. The first-order chi connectivity index (χ1) is 8.44. The van der Waals surface area contributed by atoms with E-state index in [1.165, 1.54) is 6.92 Å². The van der Waals surface area contributed by atoms with E-state index in [4.69, 9.17) is 5.11 Å². The monoisotopic (exact) mass is 249 g/mol. The maximum atomic E-state index is 12.1. The summed E-state index contributed by atoms with van der Waals surface area (Å²) in [6.45, 7) is 5.21. The molecule has 0 aromatic heterocycles. The Balaban J connectivity index is 2.98. The van der Waals surface area contributed by atoms with Crippen molar-refractivity contribution in [3.8, 4) is 0 Å². The first-order valence-corrected chi connectivity index (χ1v) is 6.08. The van der Waals surface area contributed by atoms with Gasteiger partial charge in [-0.1, -0.05) is 32.0 Å². The number of carbonyl (C=O) groups excluding carboxylic acids is 1. The summed E-state index contributed by atoms with van der Waals surface area (Å²) in [7, 11) is 0. The van der Waals surface area contributed by atoms with Gasteiger partial charge in [0.25, 0.3) is 5.91 Å². The quantitative estimate of drug-likeness (QED) is 0.841. The predicted molar refractivity (Wildman–Crippen MR) is 69.6 cm³/mol. The Bertz CT molecular complexity index is 456. The number of carboxylic acids is 1. The van der Waals surface area contributed by atoms with E-state index in [1.807, 2.05) is 19.1 Å². The van der Waals surface area contributed by atoms with E-state index in [1.54, 1.807) is 19.1 Å². The van der Waals surface area contributed by atoms with E-state index in [2.05, 4.69) is 5.32 Å². The van der Waals surface area contributed by atoms with Gasteiger partial charge in [-0.05, 0) is 31.4 Å². The molecule has 2 N–H and O–H groups in total. The Labute approximate surface area is 107 Å². The SMILES string of the molecule is CCc1ccccc1C(=O)NC(C)(CC)C(=O)O. The fourth-order valence-corrected chi connectivity index (χ4v) is 1.66. The fraction of sp³-hybridized carbons (Fsp3) is 0.429. The van der Waals surface area contributed by atoms with Crippen LogP contribution in [0.5, 0.6) is 0 Å². The summed E-state index contributed by atoms with van der Waals surface area (Å²) in [6.07, 6.45) is 1.07. The Morgan fingerprint density at radius 2 is 1.89 bits per heavy atom. The van der Waals surface area contributed by atoms with E-state index >= 15 is 0 Å². The van der Waals surface area contributed by atoms with Gasteiger partial charge in [0.2, 0.25) is 0 Å². The molecule has 98 valence electrons. The van der Waals surface area contributed by atoms with Crippen LogP contribution in [0.15, 0.2) is 24.3 Å². The molecule has 4 nitrogen and oxygen atoms in total. The van der Waals surface area contributed by atoms with Crippen molar-refractivity contribution in [2.75, 3.05) is 0 Å². The summed E-state index contributed by atoms with van der Waals surface area (Å²) in [4.78, 5) is 23.3. The van der Waals surface area contributed by atoms with Gasteiger partial charge in [-0.3, -0.25) is 4.79 Å². The second-order valence-corrected chi connectivity index (χ2v) is 4.46. The third-order valence-electron chi connectivity index (χ3n) is 3.21. The van der Waals surface area contributed by atoms with Gasteiger partial charge >= 0.3 is 5.97 Å². The van der Waals surface area contributed by atoms with Crippen LogP contribution < -0.4 is 5.32 Å². The lowest BCUT2D eigenvalue weighted by Gasteiger charge is -2.25. The van der Waals surface area contributed by atoms with Crippen LogP contribution in [0, 0.1) is 0 Å². The molecule has 1 unspecified atom stereocenters. The van der Waals surface area contributed by atoms with Gasteiger partial charge in [0.1, 0.15) is 5.54 Å². The molecule has 0 aliphatic carbocycles. The molecule has 1 aromatic rings. The summed E-state index contributed by atoms with van der Waals surface area (Å²) < 4.78 is 0. The van der Waals surface area contributed by atoms with Crippen LogP contribution in [0.4, 0.5) is 0 Å². The van der Waals surface area contributed by atoms with Crippen molar-refractivity contribution >= 4 is 11.9 Å². The third-order valence-corrected chi connectivity index (χ3v) is 3.21. The van der Waals surface area contributed by atoms with Crippen LogP contribution in [0.1, 0.15) is 43.1 Å². The van der Waals surface area contributed by atoms with Crippen molar-refractivity contribution in [1.82, 2.24) is 5.32 Å². The predicted octanol–water partition coefficient (Wildman–Crippen LogP) is 2.23. The second-order valence-electron chi connectivity index (χ2n) is 4.46. The van der Waals surface area contributed by atoms with Crippen LogP contribution in [0.3, 0.4) is 0 Å². The minimum Gasteiger partial charge on any atom is -0.480 e. The molecule has 1 aromatic carbocycles. The lowest BCUT2D eigenvalue weighted by molar-refractivity contribution is -0.143. The molecule has 1 rings (SSSR count). The summed E-state index contributed by atoms with van der Waals surface area (Å²) >= 11 is 0. The van der Waals surface area contributed by atoms with Gasteiger partial charge in [-0.15, -0.1) is 0 Å². The first-order valence-electron chi connectivity index (χ1n) is 6.08. The number of rotatable bonds is 5. The van der Waals surface area contributed by atoms with Crippen molar-refractivity contribution in [2.24, 2.45) is 0 Å². The molecule has 0 fully saturated rings. The smallest absolute Gasteiger partial charge is 0.329 e. The molecule has 0 bridgehead atoms. The maximum absolute atomic E-state index is 12.1. The zero-order valence-electron chi connectivity index (χ0n) is 11.0. The van der Waals surface area contributed by atoms with Crippen LogP contribution in [0.25, 0.3) is 0 Å². The highest BCUT2D eigenvalue weighted by Gasteiger charge is 2.33. The molecule has 0 aliphatic heterocycles. The Morgan fingerprint density at radius 3 is 2.39 bits per heavy atom. The second kappa shape index (κ2) is 5.67. The minimum absolute atomic E-state index is 0.334. The number of nitrogens with one attached hydrogen (secondary N) is 1. The number of carbonyl (C=O) groups is 2. The van der Waals surface area contributed by atoms with Crippen molar-refractivity contribution in [2.45, 2.75) is 39.2 Å². The Kier molecular flexibility index (Phi) is 4.48.